The second kappa shape index (κ2) is 5.84. The van der Waals surface area contributed by atoms with Crippen LogP contribution in [0.2, 0.25) is 0 Å². The van der Waals surface area contributed by atoms with Crippen LogP contribution in [0, 0.1) is 5.92 Å². The Kier molecular flexibility index (Phi) is 3.68. The molecule has 1 amide bonds. The molecule has 2 aromatic rings. The summed E-state index contributed by atoms with van der Waals surface area (Å²) in [6.45, 7) is 1.88. The largest absolute Gasteiger partial charge is 0.342 e. The Morgan fingerprint density at radius 1 is 0.826 bits per heavy atom. The molecule has 118 valence electrons. The molecule has 1 saturated heterocycles. The van der Waals surface area contributed by atoms with Crippen molar-refractivity contribution in [1.82, 2.24) is 4.90 Å². The lowest BCUT2D eigenvalue weighted by molar-refractivity contribution is -0.133. The van der Waals surface area contributed by atoms with Crippen molar-refractivity contribution in [3.8, 4) is 0 Å². The predicted octanol–water partition coefficient (Wildman–Crippen LogP) is 4.01. The maximum absolute atomic E-state index is 13.0. The van der Waals surface area contributed by atoms with Gasteiger partial charge < -0.3 is 4.90 Å². The highest BCUT2D eigenvalue weighted by Crippen LogP contribution is 2.59. The molecule has 1 heterocycles. The molecule has 0 radical (unpaired) electrons. The Morgan fingerprint density at radius 3 is 1.87 bits per heavy atom. The second-order valence-corrected chi connectivity index (χ2v) is 6.85. The van der Waals surface area contributed by atoms with E-state index in [-0.39, 0.29) is 11.3 Å². The Hall–Kier alpha value is -2.09. The van der Waals surface area contributed by atoms with Gasteiger partial charge in [-0.25, -0.2) is 0 Å². The van der Waals surface area contributed by atoms with Crippen molar-refractivity contribution < 1.29 is 4.79 Å². The van der Waals surface area contributed by atoms with Gasteiger partial charge in [0.25, 0.3) is 0 Å². The summed E-state index contributed by atoms with van der Waals surface area (Å²) >= 11 is 0. The Balaban J connectivity index is 1.68. The van der Waals surface area contributed by atoms with E-state index >= 15 is 0 Å². The fourth-order valence-corrected chi connectivity index (χ4v) is 4.17. The van der Waals surface area contributed by atoms with Crippen molar-refractivity contribution in [2.45, 2.75) is 31.1 Å². The normalized spacial score (nSPS) is 22.6. The van der Waals surface area contributed by atoms with Gasteiger partial charge in [-0.15, -0.1) is 0 Å². The van der Waals surface area contributed by atoms with Crippen molar-refractivity contribution in [2.75, 3.05) is 13.1 Å². The topological polar surface area (TPSA) is 20.3 Å². The van der Waals surface area contributed by atoms with E-state index in [1.807, 2.05) is 12.1 Å². The van der Waals surface area contributed by atoms with E-state index in [1.165, 1.54) is 17.5 Å². The molecular weight excluding hydrogens is 282 g/mol. The van der Waals surface area contributed by atoms with Crippen LogP contribution >= 0.6 is 0 Å². The summed E-state index contributed by atoms with van der Waals surface area (Å²) in [6.07, 6.45) is 4.51. The summed E-state index contributed by atoms with van der Waals surface area (Å²) in [5, 5.41) is 0. The molecule has 0 N–H and O–H groups in total. The number of hydrogen-bond acceptors (Lipinski definition) is 1. The van der Waals surface area contributed by atoms with Gasteiger partial charge in [-0.05, 0) is 36.8 Å². The minimum Gasteiger partial charge on any atom is -0.342 e. The van der Waals surface area contributed by atoms with Crippen LogP contribution in [-0.2, 0) is 10.2 Å². The van der Waals surface area contributed by atoms with E-state index in [4.69, 9.17) is 0 Å². The molecule has 2 nitrogen and oxygen atoms in total. The molecule has 1 atom stereocenters. The van der Waals surface area contributed by atoms with E-state index in [0.717, 1.165) is 32.4 Å². The molecule has 2 aliphatic rings. The summed E-state index contributed by atoms with van der Waals surface area (Å²) in [5.74, 6) is 0.461. The minimum absolute atomic E-state index is 0.102. The molecule has 4 rings (SSSR count). The summed E-state index contributed by atoms with van der Waals surface area (Å²) in [4.78, 5) is 15.1. The third-order valence-corrected chi connectivity index (χ3v) is 5.50. The zero-order valence-corrected chi connectivity index (χ0v) is 13.4. The fraction of sp³-hybridized carbons (Fsp3) is 0.381. The van der Waals surface area contributed by atoms with Crippen LogP contribution in [0.25, 0.3) is 0 Å². The molecule has 23 heavy (non-hydrogen) atoms. The van der Waals surface area contributed by atoms with Crippen LogP contribution in [0.4, 0.5) is 0 Å². The third-order valence-electron chi connectivity index (χ3n) is 5.50. The van der Waals surface area contributed by atoms with E-state index in [9.17, 15) is 4.79 Å². The quantitative estimate of drug-likeness (QED) is 0.839. The first-order chi connectivity index (χ1) is 11.3. The Morgan fingerprint density at radius 2 is 1.35 bits per heavy atom. The lowest BCUT2D eigenvalue weighted by Gasteiger charge is -2.28. The van der Waals surface area contributed by atoms with Crippen LogP contribution in [0.5, 0.6) is 0 Å². The molecule has 1 aliphatic heterocycles. The maximum Gasteiger partial charge on any atom is 0.226 e. The van der Waals surface area contributed by atoms with Gasteiger partial charge in [0.1, 0.15) is 0 Å². The van der Waals surface area contributed by atoms with Gasteiger partial charge in [-0.3, -0.25) is 4.79 Å². The van der Waals surface area contributed by atoms with Gasteiger partial charge in [0, 0.05) is 18.5 Å². The monoisotopic (exact) mass is 305 g/mol. The van der Waals surface area contributed by atoms with E-state index in [0.29, 0.717) is 5.91 Å². The van der Waals surface area contributed by atoms with Crippen molar-refractivity contribution in [2.24, 2.45) is 5.92 Å². The van der Waals surface area contributed by atoms with E-state index < -0.39 is 0 Å². The third kappa shape index (κ3) is 2.46. The zero-order chi connectivity index (χ0) is 15.7. The number of rotatable bonds is 3. The Bertz CT molecular complexity index is 634. The molecule has 1 aliphatic carbocycles. The SMILES string of the molecule is O=C(C1CC1(c1ccccc1)c1ccccc1)N1CCCCC1. The summed E-state index contributed by atoms with van der Waals surface area (Å²) < 4.78 is 0. The molecular formula is C21H23NO. The standard InChI is InChI=1S/C21H23NO/c23-20(22-14-8-3-9-15-22)19-16-21(19,17-10-4-1-5-11-17)18-12-6-2-7-13-18/h1-2,4-7,10-13,19H,3,8-9,14-16H2. The predicted molar refractivity (Wildman–Crippen MR) is 92.2 cm³/mol. The lowest BCUT2D eigenvalue weighted by atomic mass is 9.85. The minimum atomic E-state index is -0.114. The first-order valence-corrected chi connectivity index (χ1v) is 8.72. The van der Waals surface area contributed by atoms with Crippen molar-refractivity contribution >= 4 is 5.91 Å². The van der Waals surface area contributed by atoms with Gasteiger partial charge in [0.2, 0.25) is 5.91 Å². The molecule has 0 aromatic heterocycles. The van der Waals surface area contributed by atoms with Gasteiger partial charge in [-0.1, -0.05) is 60.7 Å². The first-order valence-electron chi connectivity index (χ1n) is 8.72. The van der Waals surface area contributed by atoms with Gasteiger partial charge in [0.15, 0.2) is 0 Å². The highest BCUT2D eigenvalue weighted by molar-refractivity contribution is 5.86. The number of carbonyl (C=O) groups is 1. The summed E-state index contributed by atoms with van der Waals surface area (Å²) in [5.41, 5.74) is 2.44. The number of amides is 1. The van der Waals surface area contributed by atoms with Gasteiger partial charge in [-0.2, -0.15) is 0 Å². The number of piperidine rings is 1. The molecule has 1 unspecified atom stereocenters. The maximum atomic E-state index is 13.0. The second-order valence-electron chi connectivity index (χ2n) is 6.85. The van der Waals surface area contributed by atoms with Crippen molar-refractivity contribution in [3.63, 3.8) is 0 Å². The lowest BCUT2D eigenvalue weighted by Crippen LogP contribution is -2.38. The average molecular weight is 305 g/mol. The molecule has 1 saturated carbocycles. The fourth-order valence-electron chi connectivity index (χ4n) is 4.17. The number of benzene rings is 2. The molecule has 0 bridgehead atoms. The van der Waals surface area contributed by atoms with E-state index in [1.54, 1.807) is 0 Å². The highest BCUT2D eigenvalue weighted by Gasteiger charge is 2.60. The number of carbonyl (C=O) groups excluding carboxylic acids is 1. The molecule has 2 fully saturated rings. The number of nitrogens with zero attached hydrogens (tertiary/aromatic N) is 1. The van der Waals surface area contributed by atoms with Gasteiger partial charge in [0.05, 0.1) is 5.92 Å². The molecule has 0 spiro atoms. The first kappa shape index (κ1) is 14.5. The van der Waals surface area contributed by atoms with E-state index in [2.05, 4.69) is 53.4 Å². The van der Waals surface area contributed by atoms with Gasteiger partial charge >= 0.3 is 0 Å². The van der Waals surface area contributed by atoms with Crippen molar-refractivity contribution in [1.29, 1.82) is 0 Å². The van der Waals surface area contributed by atoms with Crippen LogP contribution in [0.15, 0.2) is 60.7 Å². The number of hydrogen-bond donors (Lipinski definition) is 0. The van der Waals surface area contributed by atoms with Crippen LogP contribution in [0.3, 0.4) is 0 Å². The van der Waals surface area contributed by atoms with Crippen LogP contribution < -0.4 is 0 Å². The van der Waals surface area contributed by atoms with Crippen molar-refractivity contribution in [3.05, 3.63) is 71.8 Å². The Labute approximate surface area is 138 Å². The smallest absolute Gasteiger partial charge is 0.226 e. The molecule has 2 aromatic carbocycles. The van der Waals surface area contributed by atoms with Crippen LogP contribution in [0.1, 0.15) is 36.8 Å². The number of likely N-dealkylation sites (tertiary alicyclic amines) is 1. The highest BCUT2D eigenvalue weighted by atomic mass is 16.2. The van der Waals surface area contributed by atoms with Crippen LogP contribution in [-0.4, -0.2) is 23.9 Å². The zero-order valence-electron chi connectivity index (χ0n) is 13.4. The summed E-state index contributed by atoms with van der Waals surface area (Å²) in [7, 11) is 0. The molecule has 2 heteroatoms. The average Bonchev–Trinajstić information content (AvgIpc) is 3.40. The summed E-state index contributed by atoms with van der Waals surface area (Å²) in [6, 6.07) is 21.1.